The molecule has 0 unspecified atom stereocenters. The van der Waals surface area contributed by atoms with Crippen molar-refractivity contribution in [1.82, 2.24) is 10.3 Å². The average molecular weight is 289 g/mol. The normalized spacial score (nSPS) is 18.0. The summed E-state index contributed by atoms with van der Waals surface area (Å²) in [7, 11) is 0. The summed E-state index contributed by atoms with van der Waals surface area (Å²) in [6.45, 7) is 13.4. The van der Waals surface area contributed by atoms with Gasteiger partial charge in [0.2, 0.25) is 0 Å². The highest BCUT2D eigenvalue weighted by Gasteiger charge is 2.26. The van der Waals surface area contributed by atoms with E-state index in [-0.39, 0.29) is 0 Å². The van der Waals surface area contributed by atoms with Crippen molar-refractivity contribution < 1.29 is 0 Å². The fourth-order valence-corrected chi connectivity index (χ4v) is 2.89. The summed E-state index contributed by atoms with van der Waals surface area (Å²) in [5.41, 5.74) is 3.10. The van der Waals surface area contributed by atoms with E-state index in [1.54, 1.807) is 0 Å². The lowest BCUT2D eigenvalue weighted by Crippen LogP contribution is -2.38. The molecule has 118 valence electrons. The summed E-state index contributed by atoms with van der Waals surface area (Å²) in [6, 6.07) is 4.55. The molecule has 0 amide bonds. The molecule has 21 heavy (non-hydrogen) atoms. The zero-order chi connectivity index (χ0) is 15.3. The van der Waals surface area contributed by atoms with Gasteiger partial charge in [-0.3, -0.25) is 0 Å². The lowest BCUT2D eigenvalue weighted by molar-refractivity contribution is 0.279. The van der Waals surface area contributed by atoms with Crippen LogP contribution in [0.25, 0.3) is 0 Å². The minimum absolute atomic E-state index is 0.490. The Morgan fingerprint density at radius 3 is 2.52 bits per heavy atom. The number of hydrogen-bond donors (Lipinski definition) is 1. The van der Waals surface area contributed by atoms with Gasteiger partial charge in [-0.1, -0.05) is 34.1 Å². The van der Waals surface area contributed by atoms with E-state index in [0.717, 1.165) is 39.0 Å². The van der Waals surface area contributed by atoms with Crippen molar-refractivity contribution in [3.05, 3.63) is 23.4 Å². The fraction of sp³-hybridized carbons (Fsp3) is 0.722. The first-order valence-corrected chi connectivity index (χ1v) is 8.49. The maximum atomic E-state index is 4.90. The van der Waals surface area contributed by atoms with Gasteiger partial charge in [0.15, 0.2) is 0 Å². The second-order valence-corrected chi connectivity index (χ2v) is 7.01. The number of aromatic nitrogens is 1. The van der Waals surface area contributed by atoms with Crippen LogP contribution in [0.3, 0.4) is 0 Å². The van der Waals surface area contributed by atoms with Crippen molar-refractivity contribution in [2.45, 2.75) is 59.9 Å². The monoisotopic (exact) mass is 289 g/mol. The molecule has 0 saturated carbocycles. The molecule has 2 heterocycles. The van der Waals surface area contributed by atoms with E-state index in [2.05, 4.69) is 50.0 Å². The average Bonchev–Trinajstić information content (AvgIpc) is 2.45. The van der Waals surface area contributed by atoms with Crippen molar-refractivity contribution >= 4 is 5.82 Å². The predicted molar refractivity (Wildman–Crippen MR) is 90.8 cm³/mol. The molecule has 1 fully saturated rings. The molecule has 1 aromatic rings. The van der Waals surface area contributed by atoms with Gasteiger partial charge in [-0.15, -0.1) is 0 Å². The Balaban J connectivity index is 2.15. The van der Waals surface area contributed by atoms with Crippen LogP contribution in [0.4, 0.5) is 5.82 Å². The third-order valence-electron chi connectivity index (χ3n) is 4.45. The van der Waals surface area contributed by atoms with Crippen LogP contribution in [0.15, 0.2) is 12.1 Å². The number of anilines is 1. The van der Waals surface area contributed by atoms with Gasteiger partial charge < -0.3 is 10.2 Å². The minimum atomic E-state index is 0.490. The van der Waals surface area contributed by atoms with E-state index in [0.29, 0.717) is 5.41 Å². The first-order chi connectivity index (χ1) is 10.0. The first-order valence-electron chi connectivity index (χ1n) is 8.49. The first kappa shape index (κ1) is 16.3. The Hall–Kier alpha value is -1.09. The van der Waals surface area contributed by atoms with Crippen LogP contribution in [0.5, 0.6) is 0 Å². The molecule has 0 aromatic carbocycles. The summed E-state index contributed by atoms with van der Waals surface area (Å²) in [6.07, 6.45) is 4.75. The fourth-order valence-electron chi connectivity index (χ4n) is 2.89. The van der Waals surface area contributed by atoms with E-state index < -0.39 is 0 Å². The molecule has 0 aliphatic carbocycles. The number of aryl methyl sites for hydroxylation is 1. The molecule has 1 aliphatic rings. The molecule has 0 radical (unpaired) electrons. The quantitative estimate of drug-likeness (QED) is 0.864. The van der Waals surface area contributed by atoms with Crippen molar-refractivity contribution in [2.24, 2.45) is 5.41 Å². The van der Waals surface area contributed by atoms with Crippen LogP contribution in [0.1, 0.15) is 58.2 Å². The molecule has 1 aliphatic heterocycles. The van der Waals surface area contributed by atoms with Gasteiger partial charge in [0, 0.05) is 25.3 Å². The number of piperidine rings is 1. The third-order valence-corrected chi connectivity index (χ3v) is 4.45. The third kappa shape index (κ3) is 4.70. The Morgan fingerprint density at radius 1 is 1.19 bits per heavy atom. The summed E-state index contributed by atoms with van der Waals surface area (Å²) < 4.78 is 0. The van der Waals surface area contributed by atoms with Crippen molar-refractivity contribution in [2.75, 3.05) is 24.5 Å². The number of nitrogens with one attached hydrogen (secondary N) is 1. The maximum Gasteiger partial charge on any atom is 0.129 e. The van der Waals surface area contributed by atoms with Gasteiger partial charge in [0.05, 0.1) is 0 Å². The van der Waals surface area contributed by atoms with Gasteiger partial charge in [-0.25, -0.2) is 4.98 Å². The molecule has 0 bridgehead atoms. The molecule has 3 heteroatoms. The van der Waals surface area contributed by atoms with Crippen molar-refractivity contribution in [3.8, 4) is 0 Å². The summed E-state index contributed by atoms with van der Waals surface area (Å²) >= 11 is 0. The van der Waals surface area contributed by atoms with E-state index in [4.69, 9.17) is 4.98 Å². The van der Waals surface area contributed by atoms with Gasteiger partial charge >= 0.3 is 0 Å². The lowest BCUT2D eigenvalue weighted by atomic mass is 9.83. The summed E-state index contributed by atoms with van der Waals surface area (Å²) in [5, 5.41) is 3.43. The largest absolute Gasteiger partial charge is 0.357 e. The molecule has 1 aromatic heterocycles. The van der Waals surface area contributed by atoms with E-state index in [9.17, 15) is 0 Å². The van der Waals surface area contributed by atoms with Gasteiger partial charge in [0.25, 0.3) is 0 Å². The highest BCUT2D eigenvalue weighted by Crippen LogP contribution is 2.32. The molecule has 0 atom stereocenters. The molecule has 2 rings (SSSR count). The van der Waals surface area contributed by atoms with Crippen LogP contribution in [-0.4, -0.2) is 24.6 Å². The smallest absolute Gasteiger partial charge is 0.129 e. The number of nitrogens with zero attached hydrogens (tertiary/aromatic N) is 2. The zero-order valence-corrected chi connectivity index (χ0v) is 14.2. The SMILES string of the molecule is CCCc1cc(CNCC)cc(N2CCC(C)(C)CC2)n1. The lowest BCUT2D eigenvalue weighted by Gasteiger charge is -2.37. The second-order valence-electron chi connectivity index (χ2n) is 7.01. The van der Waals surface area contributed by atoms with Crippen LogP contribution < -0.4 is 10.2 Å². The Bertz CT molecular complexity index is 444. The zero-order valence-electron chi connectivity index (χ0n) is 14.2. The number of hydrogen-bond acceptors (Lipinski definition) is 3. The predicted octanol–water partition coefficient (Wildman–Crippen LogP) is 3.77. The maximum absolute atomic E-state index is 4.90. The highest BCUT2D eigenvalue weighted by molar-refractivity contribution is 5.43. The van der Waals surface area contributed by atoms with E-state index >= 15 is 0 Å². The summed E-state index contributed by atoms with van der Waals surface area (Å²) in [5.74, 6) is 1.18. The topological polar surface area (TPSA) is 28.2 Å². The van der Waals surface area contributed by atoms with E-state index in [1.165, 1.54) is 29.9 Å². The second kappa shape index (κ2) is 7.26. The molecule has 3 nitrogen and oxygen atoms in total. The van der Waals surface area contributed by atoms with Crippen LogP contribution in [-0.2, 0) is 13.0 Å². The molecule has 1 N–H and O–H groups in total. The van der Waals surface area contributed by atoms with Gasteiger partial charge in [-0.2, -0.15) is 0 Å². The van der Waals surface area contributed by atoms with Gasteiger partial charge in [-0.05, 0) is 48.9 Å². The van der Waals surface area contributed by atoms with E-state index in [1.807, 2.05) is 0 Å². The molecular formula is C18H31N3. The highest BCUT2D eigenvalue weighted by atomic mass is 15.2. The Kier molecular flexibility index (Phi) is 5.63. The van der Waals surface area contributed by atoms with Gasteiger partial charge in [0.1, 0.15) is 5.82 Å². The number of rotatable bonds is 6. The number of pyridine rings is 1. The molecule has 0 spiro atoms. The summed E-state index contributed by atoms with van der Waals surface area (Å²) in [4.78, 5) is 7.37. The van der Waals surface area contributed by atoms with Crippen LogP contribution in [0, 0.1) is 5.41 Å². The standard InChI is InChI=1S/C18H31N3/c1-5-7-16-12-15(14-19-6-2)13-17(20-16)21-10-8-18(3,4)9-11-21/h12-13,19H,5-11,14H2,1-4H3. The van der Waals surface area contributed by atoms with Crippen molar-refractivity contribution in [3.63, 3.8) is 0 Å². The Labute approximate surface area is 130 Å². The molecular weight excluding hydrogens is 258 g/mol. The van der Waals surface area contributed by atoms with Crippen LogP contribution in [0.2, 0.25) is 0 Å². The van der Waals surface area contributed by atoms with Crippen molar-refractivity contribution in [1.29, 1.82) is 0 Å². The Morgan fingerprint density at radius 2 is 1.90 bits per heavy atom. The molecule has 1 saturated heterocycles. The minimum Gasteiger partial charge on any atom is -0.357 e. The van der Waals surface area contributed by atoms with Crippen LogP contribution >= 0.6 is 0 Å².